The van der Waals surface area contributed by atoms with E-state index in [2.05, 4.69) is 15.9 Å². The highest BCUT2D eigenvalue weighted by atomic mass is 79.9. The van der Waals surface area contributed by atoms with E-state index in [-0.39, 0.29) is 5.82 Å². The normalized spacial score (nSPS) is 10.8. The lowest BCUT2D eigenvalue weighted by Gasteiger charge is -2.19. The molecule has 7 heteroatoms. The summed E-state index contributed by atoms with van der Waals surface area (Å²) in [6, 6.07) is 9.13. The number of benzene rings is 2. The lowest BCUT2D eigenvalue weighted by Crippen LogP contribution is -2.47. The smallest absolute Gasteiger partial charge is 0.274 e. The van der Waals surface area contributed by atoms with Crippen LogP contribution in [0.1, 0.15) is 16.7 Å². The fraction of sp³-hybridized carbons (Fsp3) is 0.0625. The fourth-order valence-corrected chi connectivity index (χ4v) is 2.53. The van der Waals surface area contributed by atoms with Crippen LogP contribution in [0.5, 0.6) is 0 Å². The number of nitrogens with zero attached hydrogens (tertiary/aromatic N) is 1. The molecule has 0 aliphatic rings. The third kappa shape index (κ3) is 3.95. The Kier molecular flexibility index (Phi) is 5.49. The molecule has 0 saturated heterocycles. The summed E-state index contributed by atoms with van der Waals surface area (Å²) in [4.78, 5) is 11.6. The van der Waals surface area contributed by atoms with Gasteiger partial charge in [0.2, 0.25) is 0 Å². The SMILES string of the molecule is Cc1ccc(F)cc1/C=C/c1c(Br)cccc1N(N)C(=O)NN. The molecule has 0 unspecified atom stereocenters. The predicted octanol–water partition coefficient (Wildman–Crippen LogP) is 3.33. The number of carbonyl (C=O) groups excluding carboxylic acids is 1. The van der Waals surface area contributed by atoms with Crippen molar-refractivity contribution in [3.8, 4) is 0 Å². The summed E-state index contributed by atoms with van der Waals surface area (Å²) in [7, 11) is 0. The number of carbonyl (C=O) groups is 1. The molecule has 2 aromatic carbocycles. The summed E-state index contributed by atoms with van der Waals surface area (Å²) in [5.74, 6) is 10.6. The first kappa shape index (κ1) is 17.1. The van der Waals surface area contributed by atoms with E-state index >= 15 is 0 Å². The summed E-state index contributed by atoms with van der Waals surface area (Å²) in [6.07, 6.45) is 3.51. The summed E-state index contributed by atoms with van der Waals surface area (Å²) >= 11 is 3.42. The van der Waals surface area contributed by atoms with Gasteiger partial charge in [0.05, 0.1) is 5.69 Å². The highest BCUT2D eigenvalue weighted by Crippen LogP contribution is 2.29. The number of rotatable bonds is 3. The molecule has 2 aromatic rings. The van der Waals surface area contributed by atoms with Crippen LogP contribution in [0.15, 0.2) is 40.9 Å². The van der Waals surface area contributed by atoms with Crippen LogP contribution in [0.4, 0.5) is 14.9 Å². The van der Waals surface area contributed by atoms with Gasteiger partial charge in [0.1, 0.15) is 5.82 Å². The van der Waals surface area contributed by atoms with Crippen molar-refractivity contribution < 1.29 is 9.18 Å². The predicted molar refractivity (Wildman–Crippen MR) is 93.6 cm³/mol. The Hall–Kier alpha value is -2.22. The molecule has 0 saturated carbocycles. The standard InChI is InChI=1S/C16H16BrFN4O/c1-10-5-7-12(18)9-11(10)6-8-13-14(17)3-2-4-15(13)22(20)16(23)21-19/h2-9H,19-20H2,1H3,(H,21,23)/b8-6+. The molecule has 0 aromatic heterocycles. The molecule has 0 atom stereocenters. The lowest BCUT2D eigenvalue weighted by atomic mass is 10.1. The Morgan fingerprint density at radius 2 is 2.04 bits per heavy atom. The van der Waals surface area contributed by atoms with Gasteiger partial charge in [0.25, 0.3) is 0 Å². The number of nitrogens with two attached hydrogens (primary N) is 2. The van der Waals surface area contributed by atoms with Crippen LogP contribution in [0.3, 0.4) is 0 Å². The maximum atomic E-state index is 13.4. The molecule has 0 radical (unpaired) electrons. The third-order valence-corrected chi connectivity index (χ3v) is 3.99. The van der Waals surface area contributed by atoms with Crippen molar-refractivity contribution in [3.05, 3.63) is 63.4 Å². The average Bonchev–Trinajstić information content (AvgIpc) is 2.55. The second-order valence-electron chi connectivity index (χ2n) is 4.83. The van der Waals surface area contributed by atoms with Gasteiger partial charge in [-0.05, 0) is 42.3 Å². The molecule has 0 spiro atoms. The van der Waals surface area contributed by atoms with Gasteiger partial charge < -0.3 is 0 Å². The molecule has 2 amide bonds. The number of aryl methyl sites for hydroxylation is 1. The van der Waals surface area contributed by atoms with E-state index in [1.807, 2.05) is 18.4 Å². The Morgan fingerprint density at radius 1 is 1.30 bits per heavy atom. The number of hydrogen-bond donors (Lipinski definition) is 3. The maximum Gasteiger partial charge on any atom is 0.350 e. The number of hydrogen-bond acceptors (Lipinski definition) is 3. The van der Waals surface area contributed by atoms with Crippen LogP contribution in [0.25, 0.3) is 12.2 Å². The molecule has 23 heavy (non-hydrogen) atoms. The Bertz CT molecular complexity index is 764. The largest absolute Gasteiger partial charge is 0.350 e. The molecule has 0 heterocycles. The van der Waals surface area contributed by atoms with Crippen LogP contribution >= 0.6 is 15.9 Å². The minimum absolute atomic E-state index is 0.314. The van der Waals surface area contributed by atoms with E-state index < -0.39 is 6.03 Å². The van der Waals surface area contributed by atoms with Gasteiger partial charge in [-0.25, -0.2) is 25.9 Å². The number of hydrazine groups is 2. The van der Waals surface area contributed by atoms with Gasteiger partial charge in [-0.2, -0.15) is 0 Å². The van der Waals surface area contributed by atoms with Gasteiger partial charge in [0, 0.05) is 10.0 Å². The third-order valence-electron chi connectivity index (χ3n) is 3.30. The first-order valence-electron chi connectivity index (χ1n) is 6.72. The van der Waals surface area contributed by atoms with Crippen LogP contribution < -0.4 is 22.1 Å². The zero-order valence-corrected chi connectivity index (χ0v) is 14.0. The van der Waals surface area contributed by atoms with Crippen LogP contribution in [-0.4, -0.2) is 6.03 Å². The van der Waals surface area contributed by atoms with E-state index in [1.54, 1.807) is 30.4 Å². The van der Waals surface area contributed by atoms with Crippen molar-refractivity contribution in [1.29, 1.82) is 0 Å². The highest BCUT2D eigenvalue weighted by Gasteiger charge is 2.14. The fourth-order valence-electron chi connectivity index (χ4n) is 2.04. The van der Waals surface area contributed by atoms with Crippen molar-refractivity contribution in [2.24, 2.45) is 11.7 Å². The summed E-state index contributed by atoms with van der Waals surface area (Å²) < 4.78 is 14.1. The molecule has 120 valence electrons. The molecular weight excluding hydrogens is 363 g/mol. The molecule has 0 aliphatic heterocycles. The Balaban J connectivity index is 2.45. The van der Waals surface area contributed by atoms with Crippen molar-refractivity contribution in [2.45, 2.75) is 6.92 Å². The average molecular weight is 379 g/mol. The van der Waals surface area contributed by atoms with Gasteiger partial charge in [-0.1, -0.05) is 40.2 Å². The number of halogens is 2. The summed E-state index contributed by atoms with van der Waals surface area (Å²) in [5.41, 5.74) is 4.76. The maximum absolute atomic E-state index is 13.4. The van der Waals surface area contributed by atoms with E-state index in [1.165, 1.54) is 12.1 Å². The molecule has 5 nitrogen and oxygen atoms in total. The highest BCUT2D eigenvalue weighted by molar-refractivity contribution is 9.10. The molecule has 2 rings (SSSR count). The van der Waals surface area contributed by atoms with E-state index in [0.717, 1.165) is 20.6 Å². The second-order valence-corrected chi connectivity index (χ2v) is 5.68. The first-order valence-corrected chi connectivity index (χ1v) is 7.51. The van der Waals surface area contributed by atoms with Gasteiger partial charge in [0.15, 0.2) is 0 Å². The summed E-state index contributed by atoms with van der Waals surface area (Å²) in [5, 5.41) is 0.906. The molecule has 0 fully saturated rings. The monoisotopic (exact) mass is 378 g/mol. The number of amides is 2. The minimum Gasteiger partial charge on any atom is -0.274 e. The number of urea groups is 1. The van der Waals surface area contributed by atoms with Crippen molar-refractivity contribution in [1.82, 2.24) is 5.43 Å². The van der Waals surface area contributed by atoms with Gasteiger partial charge in [-0.3, -0.25) is 5.43 Å². The molecule has 0 aliphatic carbocycles. The summed E-state index contributed by atoms with van der Waals surface area (Å²) in [6.45, 7) is 1.89. The topological polar surface area (TPSA) is 84.4 Å². The van der Waals surface area contributed by atoms with Crippen LogP contribution in [0.2, 0.25) is 0 Å². The number of anilines is 1. The minimum atomic E-state index is -0.653. The zero-order chi connectivity index (χ0) is 17.0. The molecular formula is C16H16BrFN4O. The quantitative estimate of drug-likeness (QED) is 0.331. The van der Waals surface area contributed by atoms with Crippen molar-refractivity contribution in [3.63, 3.8) is 0 Å². The van der Waals surface area contributed by atoms with Crippen LogP contribution in [0, 0.1) is 12.7 Å². The van der Waals surface area contributed by atoms with E-state index in [4.69, 9.17) is 11.7 Å². The lowest BCUT2D eigenvalue weighted by molar-refractivity contribution is 0.246. The van der Waals surface area contributed by atoms with Crippen molar-refractivity contribution >= 4 is 39.8 Å². The number of nitrogens with one attached hydrogen (secondary N) is 1. The Labute approximate surface area is 141 Å². The van der Waals surface area contributed by atoms with Crippen molar-refractivity contribution in [2.75, 3.05) is 5.01 Å². The van der Waals surface area contributed by atoms with E-state index in [9.17, 15) is 9.18 Å². The molecule has 5 N–H and O–H groups in total. The Morgan fingerprint density at radius 3 is 2.74 bits per heavy atom. The molecule has 0 bridgehead atoms. The van der Waals surface area contributed by atoms with Gasteiger partial charge >= 0.3 is 6.03 Å². The van der Waals surface area contributed by atoms with Crippen LogP contribution in [-0.2, 0) is 0 Å². The van der Waals surface area contributed by atoms with Gasteiger partial charge in [-0.15, -0.1) is 0 Å². The second kappa shape index (κ2) is 7.36. The van der Waals surface area contributed by atoms with E-state index in [0.29, 0.717) is 11.3 Å². The zero-order valence-electron chi connectivity index (χ0n) is 12.4. The first-order chi connectivity index (χ1) is 10.9.